The molecule has 1 heterocycles. The number of carbonyl (C=O) groups is 1. The van der Waals surface area contributed by atoms with Crippen LogP contribution in [-0.2, 0) is 6.42 Å². The van der Waals surface area contributed by atoms with E-state index in [0.717, 1.165) is 5.56 Å². The highest BCUT2D eigenvalue weighted by Gasteiger charge is 2.17. The molecule has 2 aromatic carbocycles. The number of carbonyl (C=O) groups excluding carboxylic acids is 1. The van der Waals surface area contributed by atoms with Gasteiger partial charge in [0.2, 0.25) is 0 Å². The second-order valence-electron chi connectivity index (χ2n) is 6.02. The molecule has 0 aliphatic heterocycles. The number of hydrogen-bond donors (Lipinski definition) is 1. The molecule has 0 bridgehead atoms. The Morgan fingerprint density at radius 2 is 2.00 bits per heavy atom. The number of aromatic nitrogens is 1. The van der Waals surface area contributed by atoms with Crippen LogP contribution in [0.15, 0.2) is 54.7 Å². The number of rotatable bonds is 5. The van der Waals surface area contributed by atoms with E-state index in [0.29, 0.717) is 40.2 Å². The van der Waals surface area contributed by atoms with Crippen molar-refractivity contribution in [3.8, 4) is 16.9 Å². The Hall–Kier alpha value is -3.21. The number of anilines is 1. The first-order valence-corrected chi connectivity index (χ1v) is 8.16. The average Bonchev–Trinajstić information content (AvgIpc) is 2.65. The van der Waals surface area contributed by atoms with Crippen LogP contribution in [0.4, 0.5) is 10.2 Å². The predicted octanol–water partition coefficient (Wildman–Crippen LogP) is 4.27. The second kappa shape index (κ2) is 7.35. The van der Waals surface area contributed by atoms with E-state index in [1.165, 1.54) is 14.0 Å². The van der Waals surface area contributed by atoms with Gasteiger partial charge in [0.25, 0.3) is 0 Å². The maximum atomic E-state index is 15.3. The smallest absolute Gasteiger partial charge is 0.159 e. The highest BCUT2D eigenvalue weighted by atomic mass is 19.1. The fourth-order valence-electron chi connectivity index (χ4n) is 2.83. The van der Waals surface area contributed by atoms with E-state index < -0.39 is 0 Å². The summed E-state index contributed by atoms with van der Waals surface area (Å²) in [5.41, 5.74) is 8.44. The van der Waals surface area contributed by atoms with Crippen molar-refractivity contribution >= 4 is 11.6 Å². The molecular weight excluding hydrogens is 331 g/mol. The van der Waals surface area contributed by atoms with E-state index in [1.54, 1.807) is 48.7 Å². The van der Waals surface area contributed by atoms with Gasteiger partial charge in [0.15, 0.2) is 5.78 Å². The molecule has 2 N–H and O–H groups in total. The lowest BCUT2D eigenvalue weighted by Gasteiger charge is -2.14. The topological polar surface area (TPSA) is 65.2 Å². The van der Waals surface area contributed by atoms with Crippen molar-refractivity contribution in [3.05, 3.63) is 77.2 Å². The van der Waals surface area contributed by atoms with Gasteiger partial charge in [0.05, 0.1) is 12.7 Å². The van der Waals surface area contributed by atoms with Gasteiger partial charge in [-0.05, 0) is 41.8 Å². The molecule has 132 valence electrons. The summed E-state index contributed by atoms with van der Waals surface area (Å²) >= 11 is 0. The zero-order valence-corrected chi connectivity index (χ0v) is 14.6. The number of nitrogen functional groups attached to an aromatic ring is 1. The van der Waals surface area contributed by atoms with Gasteiger partial charge in [-0.2, -0.15) is 0 Å². The molecule has 0 fully saturated rings. The lowest BCUT2D eigenvalue weighted by Crippen LogP contribution is -2.00. The van der Waals surface area contributed by atoms with Crippen LogP contribution in [0.2, 0.25) is 0 Å². The molecule has 4 nitrogen and oxygen atoms in total. The summed E-state index contributed by atoms with van der Waals surface area (Å²) in [7, 11) is 1.50. The summed E-state index contributed by atoms with van der Waals surface area (Å²) in [6, 6.07) is 13.8. The van der Waals surface area contributed by atoms with Crippen molar-refractivity contribution in [3.63, 3.8) is 0 Å². The minimum Gasteiger partial charge on any atom is -0.496 e. The molecule has 0 amide bonds. The molecule has 0 saturated heterocycles. The monoisotopic (exact) mass is 350 g/mol. The van der Waals surface area contributed by atoms with E-state index >= 15 is 4.39 Å². The van der Waals surface area contributed by atoms with Crippen molar-refractivity contribution < 1.29 is 13.9 Å². The quantitative estimate of drug-likeness (QED) is 0.698. The second-order valence-corrected chi connectivity index (χ2v) is 6.02. The molecule has 3 rings (SSSR count). The molecule has 0 atom stereocenters. The summed E-state index contributed by atoms with van der Waals surface area (Å²) in [6.07, 6.45) is 2.01. The Morgan fingerprint density at radius 1 is 1.19 bits per heavy atom. The van der Waals surface area contributed by atoms with E-state index in [-0.39, 0.29) is 11.6 Å². The van der Waals surface area contributed by atoms with E-state index in [4.69, 9.17) is 10.5 Å². The lowest BCUT2D eigenvalue weighted by molar-refractivity contribution is 0.101. The number of methoxy groups -OCH3 is 1. The molecule has 0 aliphatic carbocycles. The number of pyridine rings is 1. The molecule has 0 radical (unpaired) electrons. The van der Waals surface area contributed by atoms with E-state index in [1.807, 2.05) is 6.07 Å². The first kappa shape index (κ1) is 17.6. The highest BCUT2D eigenvalue weighted by Crippen LogP contribution is 2.35. The van der Waals surface area contributed by atoms with Gasteiger partial charge in [-0.1, -0.05) is 30.3 Å². The van der Waals surface area contributed by atoms with Crippen LogP contribution in [0, 0.1) is 5.82 Å². The van der Waals surface area contributed by atoms with Crippen molar-refractivity contribution in [2.24, 2.45) is 0 Å². The van der Waals surface area contributed by atoms with Gasteiger partial charge in [-0.3, -0.25) is 4.79 Å². The average molecular weight is 350 g/mol. The molecule has 0 unspecified atom stereocenters. The van der Waals surface area contributed by atoms with Gasteiger partial charge in [0, 0.05) is 18.2 Å². The normalized spacial score (nSPS) is 10.6. The van der Waals surface area contributed by atoms with Crippen LogP contribution >= 0.6 is 0 Å². The Labute approximate surface area is 151 Å². The summed E-state index contributed by atoms with van der Waals surface area (Å²) in [5.74, 6) is 0.394. The van der Waals surface area contributed by atoms with Crippen LogP contribution < -0.4 is 10.5 Å². The van der Waals surface area contributed by atoms with Crippen LogP contribution in [0.5, 0.6) is 5.75 Å². The van der Waals surface area contributed by atoms with Gasteiger partial charge in [0.1, 0.15) is 17.4 Å². The van der Waals surface area contributed by atoms with Crippen LogP contribution in [0.3, 0.4) is 0 Å². The molecule has 3 aromatic rings. The lowest BCUT2D eigenvalue weighted by atomic mass is 9.96. The van der Waals surface area contributed by atoms with Crippen molar-refractivity contribution in [2.75, 3.05) is 12.8 Å². The predicted molar refractivity (Wildman–Crippen MR) is 99.8 cm³/mol. The number of ketones is 1. The highest BCUT2D eigenvalue weighted by molar-refractivity contribution is 5.95. The fraction of sp³-hybridized carbons (Fsp3) is 0.143. The van der Waals surface area contributed by atoms with Crippen LogP contribution in [-0.4, -0.2) is 17.9 Å². The molecule has 26 heavy (non-hydrogen) atoms. The molecule has 0 saturated carbocycles. The summed E-state index contributed by atoms with van der Waals surface area (Å²) in [4.78, 5) is 15.7. The zero-order chi connectivity index (χ0) is 18.7. The first-order valence-electron chi connectivity index (χ1n) is 8.16. The number of nitrogens with two attached hydrogens (primary N) is 1. The Kier molecular flexibility index (Phi) is 4.98. The Bertz CT molecular complexity index is 953. The van der Waals surface area contributed by atoms with Crippen LogP contribution in [0.1, 0.15) is 28.4 Å². The first-order chi connectivity index (χ1) is 12.5. The van der Waals surface area contributed by atoms with Gasteiger partial charge < -0.3 is 10.5 Å². The summed E-state index contributed by atoms with van der Waals surface area (Å²) in [6.45, 7) is 1.48. The molecule has 5 heteroatoms. The molecule has 0 aliphatic rings. The van der Waals surface area contributed by atoms with E-state index in [2.05, 4.69) is 4.98 Å². The third-order valence-electron chi connectivity index (χ3n) is 4.20. The van der Waals surface area contributed by atoms with Gasteiger partial charge in [-0.25, -0.2) is 9.37 Å². The van der Waals surface area contributed by atoms with Crippen LogP contribution in [0.25, 0.3) is 11.1 Å². The van der Waals surface area contributed by atoms with Crippen molar-refractivity contribution in [1.29, 1.82) is 0 Å². The van der Waals surface area contributed by atoms with Crippen molar-refractivity contribution in [1.82, 2.24) is 4.98 Å². The fourth-order valence-corrected chi connectivity index (χ4v) is 2.83. The third-order valence-corrected chi connectivity index (χ3v) is 4.20. The third kappa shape index (κ3) is 3.57. The number of hydrogen-bond acceptors (Lipinski definition) is 4. The SMILES string of the molecule is COc1ccc(Cc2ccc(N)nc2)c(F)c1-c1cccc(C(C)=O)c1. The minimum atomic E-state index is -0.373. The Morgan fingerprint density at radius 3 is 2.65 bits per heavy atom. The van der Waals surface area contributed by atoms with Gasteiger partial charge in [-0.15, -0.1) is 0 Å². The number of nitrogens with zero attached hydrogens (tertiary/aromatic N) is 1. The summed E-state index contributed by atoms with van der Waals surface area (Å²) < 4.78 is 20.6. The molecule has 1 aromatic heterocycles. The number of benzene rings is 2. The maximum Gasteiger partial charge on any atom is 0.159 e. The zero-order valence-electron chi connectivity index (χ0n) is 14.6. The Balaban J connectivity index is 2.08. The summed E-state index contributed by atoms with van der Waals surface area (Å²) in [5, 5.41) is 0. The van der Waals surface area contributed by atoms with E-state index in [9.17, 15) is 4.79 Å². The minimum absolute atomic E-state index is 0.0738. The molecule has 0 spiro atoms. The maximum absolute atomic E-state index is 15.3. The largest absolute Gasteiger partial charge is 0.496 e. The van der Waals surface area contributed by atoms with Gasteiger partial charge >= 0.3 is 0 Å². The van der Waals surface area contributed by atoms with Crippen molar-refractivity contribution in [2.45, 2.75) is 13.3 Å². The number of Topliss-reactive ketones (excluding diaryl/α,β-unsaturated/α-hetero) is 1. The number of halogens is 1. The standard InChI is InChI=1S/C21H19FN2O2/c1-13(25)15-4-3-5-16(11-15)20-18(26-2)8-7-17(21(20)22)10-14-6-9-19(23)24-12-14/h3-9,11-12H,10H2,1-2H3,(H2,23,24). The molecular formula is C21H19FN2O2. The number of ether oxygens (including phenoxy) is 1.